The molecule has 17 heavy (non-hydrogen) atoms. The Morgan fingerprint density at radius 1 is 1.18 bits per heavy atom. The van der Waals surface area contributed by atoms with Gasteiger partial charge in [0.2, 0.25) is 0 Å². The number of benzene rings is 1. The number of hydrogen-bond acceptors (Lipinski definition) is 2. The van der Waals surface area contributed by atoms with E-state index in [1.54, 1.807) is 0 Å². The van der Waals surface area contributed by atoms with Crippen molar-refractivity contribution in [3.8, 4) is 0 Å². The summed E-state index contributed by atoms with van der Waals surface area (Å²) in [6.45, 7) is 0. The lowest BCUT2D eigenvalue weighted by atomic mass is 9.84. The third kappa shape index (κ3) is 3.26. The normalized spacial score (nSPS) is 20.2. The Labute approximate surface area is 102 Å². The maximum atomic E-state index is 11.9. The van der Waals surface area contributed by atoms with E-state index in [4.69, 9.17) is 0 Å². The van der Waals surface area contributed by atoms with Gasteiger partial charge >= 0.3 is 0 Å². The van der Waals surface area contributed by atoms with Crippen molar-refractivity contribution in [2.75, 3.05) is 0 Å². The molecule has 0 bridgehead atoms. The smallest absolute Gasteiger partial charge is 0.162 e. The van der Waals surface area contributed by atoms with E-state index in [2.05, 4.69) is 0 Å². The summed E-state index contributed by atoms with van der Waals surface area (Å²) in [6, 6.07) is 9.33. The summed E-state index contributed by atoms with van der Waals surface area (Å²) in [5, 5.41) is 0. The molecule has 1 saturated carbocycles. The van der Waals surface area contributed by atoms with Crippen LogP contribution >= 0.6 is 0 Å². The summed E-state index contributed by atoms with van der Waals surface area (Å²) in [7, 11) is 0. The van der Waals surface area contributed by atoms with Crippen molar-refractivity contribution in [2.45, 2.75) is 38.5 Å². The molecule has 0 amide bonds. The van der Waals surface area contributed by atoms with Crippen LogP contribution in [0.3, 0.4) is 0 Å². The molecule has 0 aliphatic heterocycles. The van der Waals surface area contributed by atoms with Crippen LogP contribution in [-0.2, 0) is 4.79 Å². The quantitative estimate of drug-likeness (QED) is 0.743. The highest BCUT2D eigenvalue weighted by Crippen LogP contribution is 2.25. The molecule has 0 saturated heterocycles. The van der Waals surface area contributed by atoms with Gasteiger partial charge in [0.15, 0.2) is 5.78 Å². The van der Waals surface area contributed by atoms with Crippen LogP contribution < -0.4 is 0 Å². The van der Waals surface area contributed by atoms with Crippen LogP contribution in [0.1, 0.15) is 48.9 Å². The lowest BCUT2D eigenvalue weighted by Crippen LogP contribution is -2.19. The monoisotopic (exact) mass is 230 g/mol. The van der Waals surface area contributed by atoms with Crippen molar-refractivity contribution in [2.24, 2.45) is 5.92 Å². The fourth-order valence-corrected chi connectivity index (χ4v) is 2.43. The van der Waals surface area contributed by atoms with Gasteiger partial charge in [0.25, 0.3) is 0 Å². The molecule has 1 aliphatic carbocycles. The third-order valence-electron chi connectivity index (χ3n) is 3.50. The molecule has 0 aromatic heterocycles. The Balaban J connectivity index is 1.86. The number of hydrogen-bond donors (Lipinski definition) is 0. The molecule has 1 aliphatic rings. The first kappa shape index (κ1) is 12.0. The fourth-order valence-electron chi connectivity index (χ4n) is 2.43. The second-order valence-corrected chi connectivity index (χ2v) is 4.74. The van der Waals surface area contributed by atoms with Crippen molar-refractivity contribution >= 4 is 11.6 Å². The molecule has 1 fully saturated rings. The number of ketones is 2. The van der Waals surface area contributed by atoms with E-state index in [-0.39, 0.29) is 11.7 Å². The molecular weight excluding hydrogens is 212 g/mol. The van der Waals surface area contributed by atoms with Crippen LogP contribution in [0, 0.1) is 5.92 Å². The second kappa shape index (κ2) is 5.76. The maximum Gasteiger partial charge on any atom is 0.162 e. The topological polar surface area (TPSA) is 34.1 Å². The minimum absolute atomic E-state index is 0.136. The maximum absolute atomic E-state index is 11.9. The number of Topliss-reactive ketones (excluding diaryl/α,β-unsaturated/α-hetero) is 2. The van der Waals surface area contributed by atoms with Gasteiger partial charge in [-0.2, -0.15) is 0 Å². The van der Waals surface area contributed by atoms with Crippen molar-refractivity contribution in [3.63, 3.8) is 0 Å². The molecule has 0 spiro atoms. The van der Waals surface area contributed by atoms with E-state index < -0.39 is 0 Å². The van der Waals surface area contributed by atoms with E-state index in [0.29, 0.717) is 18.6 Å². The number of rotatable bonds is 4. The summed E-state index contributed by atoms with van der Waals surface area (Å²) in [4.78, 5) is 23.5. The molecule has 90 valence electrons. The summed E-state index contributed by atoms with van der Waals surface area (Å²) in [6.07, 6.45) is 5.08. The van der Waals surface area contributed by atoms with Gasteiger partial charge in [0.05, 0.1) is 0 Å². The average molecular weight is 230 g/mol. The van der Waals surface area contributed by atoms with E-state index in [9.17, 15) is 9.59 Å². The Hall–Kier alpha value is -1.44. The minimum Gasteiger partial charge on any atom is -0.299 e. The van der Waals surface area contributed by atoms with Crippen molar-refractivity contribution in [1.82, 2.24) is 0 Å². The third-order valence-corrected chi connectivity index (χ3v) is 3.50. The average Bonchev–Trinajstić information content (AvgIpc) is 2.38. The van der Waals surface area contributed by atoms with E-state index in [1.807, 2.05) is 30.3 Å². The lowest BCUT2D eigenvalue weighted by molar-refractivity contribution is -0.124. The molecular formula is C15H18O2. The first-order chi connectivity index (χ1) is 8.27. The van der Waals surface area contributed by atoms with Crippen molar-refractivity contribution < 1.29 is 9.59 Å². The van der Waals surface area contributed by atoms with Gasteiger partial charge < -0.3 is 0 Å². The summed E-state index contributed by atoms with van der Waals surface area (Å²) in [5.74, 6) is 0.650. The molecule has 1 aromatic rings. The molecule has 0 heterocycles. The Bertz CT molecular complexity index is 395. The second-order valence-electron chi connectivity index (χ2n) is 4.74. The van der Waals surface area contributed by atoms with Crippen LogP contribution in [0.5, 0.6) is 0 Å². The van der Waals surface area contributed by atoms with E-state index >= 15 is 0 Å². The molecule has 1 atom stereocenters. The molecule has 2 rings (SSSR count). The molecule has 1 aromatic carbocycles. The van der Waals surface area contributed by atoms with Crippen molar-refractivity contribution in [3.05, 3.63) is 35.9 Å². The first-order valence-corrected chi connectivity index (χ1v) is 6.38. The Morgan fingerprint density at radius 3 is 2.65 bits per heavy atom. The van der Waals surface area contributed by atoms with Crippen LogP contribution in [0.25, 0.3) is 0 Å². The Kier molecular flexibility index (Phi) is 4.08. The van der Waals surface area contributed by atoms with Crippen LogP contribution in [0.2, 0.25) is 0 Å². The Morgan fingerprint density at radius 2 is 1.94 bits per heavy atom. The largest absolute Gasteiger partial charge is 0.299 e. The number of carbonyl (C=O) groups is 2. The highest BCUT2D eigenvalue weighted by molar-refractivity contribution is 5.96. The zero-order valence-corrected chi connectivity index (χ0v) is 10.0. The van der Waals surface area contributed by atoms with Gasteiger partial charge in [-0.25, -0.2) is 0 Å². The fraction of sp³-hybridized carbons (Fsp3) is 0.467. The van der Waals surface area contributed by atoms with Gasteiger partial charge in [0.1, 0.15) is 5.78 Å². The van der Waals surface area contributed by atoms with Gasteiger partial charge in [-0.1, -0.05) is 36.8 Å². The predicted octanol–water partition coefficient (Wildman–Crippen LogP) is 3.41. The van der Waals surface area contributed by atoms with E-state index in [0.717, 1.165) is 31.2 Å². The highest BCUT2D eigenvalue weighted by Gasteiger charge is 2.22. The standard InChI is InChI=1S/C15H18O2/c16-14-9-5-4-8-13(14)10-11-15(17)12-6-2-1-3-7-12/h1-3,6-7,13H,4-5,8-11H2/t13-/m1/s1. The van der Waals surface area contributed by atoms with Crippen LogP contribution in [-0.4, -0.2) is 11.6 Å². The van der Waals surface area contributed by atoms with Gasteiger partial charge in [-0.3, -0.25) is 9.59 Å². The summed E-state index contributed by atoms with van der Waals surface area (Å²) in [5.41, 5.74) is 0.760. The molecule has 2 heteroatoms. The van der Waals surface area contributed by atoms with Gasteiger partial charge in [-0.05, 0) is 19.3 Å². The molecule has 2 nitrogen and oxygen atoms in total. The summed E-state index contributed by atoms with van der Waals surface area (Å²) < 4.78 is 0. The number of carbonyl (C=O) groups excluding carboxylic acids is 2. The van der Waals surface area contributed by atoms with Gasteiger partial charge in [0, 0.05) is 24.3 Å². The SMILES string of the molecule is O=C(CC[C@H]1CCCCC1=O)c1ccccc1. The molecule has 0 radical (unpaired) electrons. The zero-order chi connectivity index (χ0) is 12.1. The van der Waals surface area contributed by atoms with Crippen molar-refractivity contribution in [1.29, 1.82) is 0 Å². The summed E-state index contributed by atoms with van der Waals surface area (Å²) >= 11 is 0. The first-order valence-electron chi connectivity index (χ1n) is 6.38. The van der Waals surface area contributed by atoms with Gasteiger partial charge in [-0.15, -0.1) is 0 Å². The predicted molar refractivity (Wildman–Crippen MR) is 67.0 cm³/mol. The van der Waals surface area contributed by atoms with E-state index in [1.165, 1.54) is 0 Å². The molecule has 0 unspecified atom stereocenters. The minimum atomic E-state index is 0.136. The highest BCUT2D eigenvalue weighted by atomic mass is 16.1. The van der Waals surface area contributed by atoms with Crippen LogP contribution in [0.15, 0.2) is 30.3 Å². The molecule has 0 N–H and O–H groups in total. The zero-order valence-electron chi connectivity index (χ0n) is 10.0. The van der Waals surface area contributed by atoms with Crippen LogP contribution in [0.4, 0.5) is 0 Å². The lowest BCUT2D eigenvalue weighted by Gasteiger charge is -2.19.